The van der Waals surface area contributed by atoms with Crippen molar-refractivity contribution >= 4 is 47.2 Å². The van der Waals surface area contributed by atoms with Gasteiger partial charge < -0.3 is 20.0 Å². The Bertz CT molecular complexity index is 865. The van der Waals surface area contributed by atoms with E-state index in [1.54, 1.807) is 7.05 Å². The number of hydrogen-bond donors (Lipinski definition) is 1. The third-order valence-corrected chi connectivity index (χ3v) is 5.73. The zero-order valence-corrected chi connectivity index (χ0v) is 19.8. The normalized spacial score (nSPS) is 16.2. The largest absolute Gasteiger partial charge is 0.368 e. The molecular formula is C23H30IN5O. The van der Waals surface area contributed by atoms with Crippen molar-refractivity contribution in [1.29, 1.82) is 0 Å². The molecule has 0 radical (unpaired) electrons. The third kappa shape index (κ3) is 5.06. The van der Waals surface area contributed by atoms with Crippen LogP contribution in [0.3, 0.4) is 0 Å². The van der Waals surface area contributed by atoms with Gasteiger partial charge >= 0.3 is 0 Å². The SMILES string of the molecule is CN=C(NCCC(=O)N1CCN(c2ccccc2)CC1)N1CCc2ccccc21.I. The highest BCUT2D eigenvalue weighted by Gasteiger charge is 2.23. The van der Waals surface area contributed by atoms with E-state index in [1.165, 1.54) is 16.9 Å². The van der Waals surface area contributed by atoms with E-state index in [0.29, 0.717) is 13.0 Å². The molecule has 2 aliphatic rings. The van der Waals surface area contributed by atoms with Crippen molar-refractivity contribution in [2.45, 2.75) is 12.8 Å². The van der Waals surface area contributed by atoms with Gasteiger partial charge in [-0.2, -0.15) is 0 Å². The Hall–Kier alpha value is -2.29. The van der Waals surface area contributed by atoms with Gasteiger partial charge in [0, 0.05) is 64.1 Å². The van der Waals surface area contributed by atoms with Gasteiger partial charge in [-0.25, -0.2) is 0 Å². The van der Waals surface area contributed by atoms with Gasteiger partial charge in [0.15, 0.2) is 5.96 Å². The van der Waals surface area contributed by atoms with Gasteiger partial charge in [-0.05, 0) is 30.2 Å². The first kappa shape index (κ1) is 22.4. The van der Waals surface area contributed by atoms with Gasteiger partial charge in [-0.15, -0.1) is 24.0 Å². The van der Waals surface area contributed by atoms with E-state index in [4.69, 9.17) is 0 Å². The van der Waals surface area contributed by atoms with Crippen LogP contribution in [0.25, 0.3) is 0 Å². The lowest BCUT2D eigenvalue weighted by atomic mass is 10.2. The summed E-state index contributed by atoms with van der Waals surface area (Å²) < 4.78 is 0. The van der Waals surface area contributed by atoms with Gasteiger partial charge in [0.1, 0.15) is 0 Å². The van der Waals surface area contributed by atoms with E-state index in [1.807, 2.05) is 11.0 Å². The molecule has 2 heterocycles. The van der Waals surface area contributed by atoms with Crippen LogP contribution in [-0.2, 0) is 11.2 Å². The minimum atomic E-state index is 0. The molecule has 160 valence electrons. The molecule has 2 aliphatic heterocycles. The smallest absolute Gasteiger partial charge is 0.224 e. The number of carbonyl (C=O) groups is 1. The van der Waals surface area contributed by atoms with Crippen molar-refractivity contribution in [1.82, 2.24) is 10.2 Å². The van der Waals surface area contributed by atoms with Crippen LogP contribution in [0.1, 0.15) is 12.0 Å². The quantitative estimate of drug-likeness (QED) is 0.384. The van der Waals surface area contributed by atoms with Crippen LogP contribution in [0.4, 0.5) is 11.4 Å². The van der Waals surface area contributed by atoms with Crippen molar-refractivity contribution in [3.8, 4) is 0 Å². The molecule has 0 atom stereocenters. The Balaban J connectivity index is 0.00000256. The average Bonchev–Trinajstić information content (AvgIpc) is 3.21. The second kappa shape index (κ2) is 10.7. The van der Waals surface area contributed by atoms with Crippen LogP contribution >= 0.6 is 24.0 Å². The van der Waals surface area contributed by atoms with Crippen LogP contribution in [0.15, 0.2) is 59.6 Å². The fraction of sp³-hybridized carbons (Fsp3) is 0.391. The van der Waals surface area contributed by atoms with Gasteiger partial charge in [-0.3, -0.25) is 9.79 Å². The number of anilines is 2. The van der Waals surface area contributed by atoms with Gasteiger partial charge in [0.25, 0.3) is 0 Å². The van der Waals surface area contributed by atoms with Gasteiger partial charge in [0.2, 0.25) is 5.91 Å². The second-order valence-corrected chi connectivity index (χ2v) is 7.46. The summed E-state index contributed by atoms with van der Waals surface area (Å²) in [4.78, 5) is 23.6. The predicted octanol–water partition coefficient (Wildman–Crippen LogP) is 2.98. The number of amides is 1. The first-order valence-corrected chi connectivity index (χ1v) is 10.4. The molecule has 1 N–H and O–H groups in total. The van der Waals surface area contributed by atoms with E-state index in [9.17, 15) is 4.79 Å². The number of nitrogens with one attached hydrogen (secondary N) is 1. The topological polar surface area (TPSA) is 51.2 Å². The Morgan fingerprint density at radius 3 is 2.40 bits per heavy atom. The summed E-state index contributed by atoms with van der Waals surface area (Å²) in [5.41, 5.74) is 3.79. The third-order valence-electron chi connectivity index (χ3n) is 5.73. The highest BCUT2D eigenvalue weighted by Crippen LogP contribution is 2.27. The maximum absolute atomic E-state index is 12.6. The van der Waals surface area contributed by atoms with Crippen LogP contribution in [0.5, 0.6) is 0 Å². The fourth-order valence-electron chi connectivity index (χ4n) is 4.15. The molecule has 7 heteroatoms. The molecule has 0 saturated carbocycles. The summed E-state index contributed by atoms with van der Waals surface area (Å²) >= 11 is 0. The molecule has 30 heavy (non-hydrogen) atoms. The number of fused-ring (bicyclic) bond motifs is 1. The number of para-hydroxylation sites is 2. The number of carbonyl (C=O) groups excluding carboxylic acids is 1. The molecule has 1 saturated heterocycles. The van der Waals surface area contributed by atoms with E-state index >= 15 is 0 Å². The summed E-state index contributed by atoms with van der Waals surface area (Å²) in [5, 5.41) is 3.37. The van der Waals surface area contributed by atoms with Crippen LogP contribution in [0.2, 0.25) is 0 Å². The fourth-order valence-corrected chi connectivity index (χ4v) is 4.15. The number of piperazine rings is 1. The summed E-state index contributed by atoms with van der Waals surface area (Å²) in [7, 11) is 1.80. The predicted molar refractivity (Wildman–Crippen MR) is 134 cm³/mol. The number of hydrogen-bond acceptors (Lipinski definition) is 3. The molecule has 0 spiro atoms. The molecule has 6 nitrogen and oxygen atoms in total. The van der Waals surface area contributed by atoms with Crippen molar-refractivity contribution < 1.29 is 4.79 Å². The lowest BCUT2D eigenvalue weighted by Crippen LogP contribution is -2.49. The van der Waals surface area contributed by atoms with E-state index in [2.05, 4.69) is 68.6 Å². The summed E-state index contributed by atoms with van der Waals surface area (Å²) in [6, 6.07) is 18.8. The minimum Gasteiger partial charge on any atom is -0.368 e. The lowest BCUT2D eigenvalue weighted by Gasteiger charge is -2.36. The molecule has 0 aromatic heterocycles. The second-order valence-electron chi connectivity index (χ2n) is 7.46. The Morgan fingerprint density at radius 1 is 0.967 bits per heavy atom. The Labute approximate surface area is 196 Å². The van der Waals surface area contributed by atoms with E-state index < -0.39 is 0 Å². The molecule has 0 bridgehead atoms. The zero-order valence-electron chi connectivity index (χ0n) is 17.5. The Kier molecular flexibility index (Phi) is 7.95. The maximum Gasteiger partial charge on any atom is 0.224 e. The van der Waals surface area contributed by atoms with Crippen molar-refractivity contribution in [3.05, 3.63) is 60.2 Å². The molecule has 0 unspecified atom stereocenters. The monoisotopic (exact) mass is 519 g/mol. The molecule has 4 rings (SSSR count). The summed E-state index contributed by atoms with van der Waals surface area (Å²) in [6.07, 6.45) is 1.52. The Morgan fingerprint density at radius 2 is 1.67 bits per heavy atom. The highest BCUT2D eigenvalue weighted by atomic mass is 127. The van der Waals surface area contributed by atoms with Crippen LogP contribution in [0, 0.1) is 0 Å². The standard InChI is InChI=1S/C23H29N5O.HI/c1-24-23(28-14-12-19-7-5-6-10-21(19)28)25-13-11-22(29)27-17-15-26(16-18-27)20-8-3-2-4-9-20;/h2-10H,11-18H2,1H3,(H,24,25);1H. The molecule has 2 aromatic rings. The van der Waals surface area contributed by atoms with Crippen LogP contribution in [-0.4, -0.2) is 63.1 Å². The molecule has 2 aromatic carbocycles. The highest BCUT2D eigenvalue weighted by molar-refractivity contribution is 14.0. The summed E-state index contributed by atoms with van der Waals surface area (Å²) in [5.74, 6) is 1.05. The number of rotatable bonds is 4. The van der Waals surface area contributed by atoms with E-state index in [0.717, 1.165) is 45.1 Å². The number of guanidine groups is 1. The van der Waals surface area contributed by atoms with Gasteiger partial charge in [0.05, 0.1) is 0 Å². The van der Waals surface area contributed by atoms with Crippen LogP contribution < -0.4 is 15.1 Å². The van der Waals surface area contributed by atoms with Gasteiger partial charge in [-0.1, -0.05) is 36.4 Å². The maximum atomic E-state index is 12.6. The zero-order chi connectivity index (χ0) is 20.1. The van der Waals surface area contributed by atoms with Crippen molar-refractivity contribution in [3.63, 3.8) is 0 Å². The number of nitrogens with zero attached hydrogens (tertiary/aromatic N) is 4. The molecule has 0 aliphatic carbocycles. The average molecular weight is 519 g/mol. The first-order chi connectivity index (χ1) is 14.3. The summed E-state index contributed by atoms with van der Waals surface area (Å²) in [6.45, 7) is 4.85. The molecular weight excluding hydrogens is 489 g/mol. The molecule has 1 fully saturated rings. The van der Waals surface area contributed by atoms with E-state index in [-0.39, 0.29) is 29.9 Å². The minimum absolute atomic E-state index is 0. The van der Waals surface area contributed by atoms with Crippen molar-refractivity contribution in [2.75, 3.05) is 56.1 Å². The lowest BCUT2D eigenvalue weighted by molar-refractivity contribution is -0.131. The molecule has 1 amide bonds. The first-order valence-electron chi connectivity index (χ1n) is 10.4. The number of halogens is 1. The number of benzene rings is 2. The number of aliphatic imine (C=N–C) groups is 1. The van der Waals surface area contributed by atoms with Crippen molar-refractivity contribution in [2.24, 2.45) is 4.99 Å².